The van der Waals surface area contributed by atoms with Crippen molar-refractivity contribution < 1.29 is 9.53 Å². The highest BCUT2D eigenvalue weighted by molar-refractivity contribution is 6.31. The summed E-state index contributed by atoms with van der Waals surface area (Å²) in [6.45, 7) is 0.231. The molecular weight excluding hydrogens is 301 g/mol. The fourth-order valence-electron chi connectivity index (χ4n) is 1.55. The highest BCUT2D eigenvalue weighted by Gasteiger charge is 2.08. The van der Waals surface area contributed by atoms with Crippen molar-refractivity contribution >= 4 is 29.1 Å². The summed E-state index contributed by atoms with van der Waals surface area (Å²) in [4.78, 5) is 11.7. The Hall–Kier alpha value is -1.72. The number of carbonyl (C=O) groups excluding carboxylic acids is 1. The van der Waals surface area contributed by atoms with E-state index >= 15 is 0 Å². The summed E-state index contributed by atoms with van der Waals surface area (Å²) in [6.07, 6.45) is 1.53. The van der Waals surface area contributed by atoms with Crippen LogP contribution in [-0.2, 0) is 18.4 Å². The molecule has 0 spiro atoms. The van der Waals surface area contributed by atoms with Gasteiger partial charge in [-0.05, 0) is 24.3 Å². The standard InChI is InChI=1S/C13H13Cl2N3O2/c1-18-12(11(15)6-17-18)7-16-13(19)8-20-10-4-2-9(14)3-5-10/h2-6H,7-8H2,1H3,(H,16,19). The van der Waals surface area contributed by atoms with Crippen LogP contribution < -0.4 is 10.1 Å². The van der Waals surface area contributed by atoms with Crippen molar-refractivity contribution in [2.24, 2.45) is 7.05 Å². The largest absolute Gasteiger partial charge is 0.484 e. The van der Waals surface area contributed by atoms with Gasteiger partial charge in [0, 0.05) is 12.1 Å². The molecule has 0 radical (unpaired) electrons. The predicted molar refractivity (Wildman–Crippen MR) is 77.0 cm³/mol. The zero-order valence-electron chi connectivity index (χ0n) is 10.8. The molecule has 0 bridgehead atoms. The quantitative estimate of drug-likeness (QED) is 0.922. The zero-order chi connectivity index (χ0) is 14.5. The monoisotopic (exact) mass is 313 g/mol. The molecule has 2 rings (SSSR count). The number of hydrogen-bond acceptors (Lipinski definition) is 3. The zero-order valence-corrected chi connectivity index (χ0v) is 12.3. The van der Waals surface area contributed by atoms with Crippen LogP contribution in [0.4, 0.5) is 0 Å². The van der Waals surface area contributed by atoms with Gasteiger partial charge in [-0.1, -0.05) is 23.2 Å². The SMILES string of the molecule is Cn1ncc(Cl)c1CNC(=O)COc1ccc(Cl)cc1. The molecule has 0 aliphatic carbocycles. The van der Waals surface area contributed by atoms with Gasteiger partial charge in [-0.3, -0.25) is 9.48 Å². The van der Waals surface area contributed by atoms with E-state index in [4.69, 9.17) is 27.9 Å². The van der Waals surface area contributed by atoms with Crippen LogP contribution in [0.1, 0.15) is 5.69 Å². The summed E-state index contributed by atoms with van der Waals surface area (Å²) in [7, 11) is 1.76. The molecule has 1 heterocycles. The number of amides is 1. The van der Waals surface area contributed by atoms with Gasteiger partial charge in [-0.25, -0.2) is 0 Å². The maximum absolute atomic E-state index is 11.7. The Balaban J connectivity index is 1.80. The lowest BCUT2D eigenvalue weighted by Crippen LogP contribution is -2.29. The van der Waals surface area contributed by atoms with Crippen LogP contribution in [-0.4, -0.2) is 22.3 Å². The number of carbonyl (C=O) groups is 1. The molecule has 1 aromatic heterocycles. The van der Waals surface area contributed by atoms with E-state index in [1.165, 1.54) is 6.20 Å². The first-order valence-electron chi connectivity index (χ1n) is 5.87. The lowest BCUT2D eigenvalue weighted by molar-refractivity contribution is -0.123. The van der Waals surface area contributed by atoms with Crippen molar-refractivity contribution in [3.63, 3.8) is 0 Å². The van der Waals surface area contributed by atoms with E-state index in [2.05, 4.69) is 10.4 Å². The predicted octanol–water partition coefficient (Wildman–Crippen LogP) is 2.42. The lowest BCUT2D eigenvalue weighted by atomic mass is 10.3. The number of aromatic nitrogens is 2. The van der Waals surface area contributed by atoms with Gasteiger partial charge in [0.25, 0.3) is 5.91 Å². The third-order valence-corrected chi connectivity index (χ3v) is 3.21. The van der Waals surface area contributed by atoms with Gasteiger partial charge in [0.05, 0.1) is 23.5 Å². The van der Waals surface area contributed by atoms with Crippen molar-refractivity contribution in [3.05, 3.63) is 46.2 Å². The molecule has 1 aromatic carbocycles. The molecule has 0 aliphatic heterocycles. The van der Waals surface area contributed by atoms with Gasteiger partial charge in [0.1, 0.15) is 5.75 Å². The van der Waals surface area contributed by atoms with Crippen LogP contribution in [0.3, 0.4) is 0 Å². The summed E-state index contributed by atoms with van der Waals surface area (Å²) in [5.74, 6) is 0.348. The number of rotatable bonds is 5. The molecule has 1 amide bonds. The Bertz CT molecular complexity index is 577. The highest BCUT2D eigenvalue weighted by Crippen LogP contribution is 2.15. The summed E-state index contributed by atoms with van der Waals surface area (Å²) in [5, 5.41) is 7.84. The average Bonchev–Trinajstić information content (AvgIpc) is 2.75. The van der Waals surface area contributed by atoms with Gasteiger partial charge < -0.3 is 10.1 Å². The van der Waals surface area contributed by atoms with Crippen molar-refractivity contribution in [3.8, 4) is 5.75 Å². The molecule has 20 heavy (non-hydrogen) atoms. The van der Waals surface area contributed by atoms with E-state index < -0.39 is 0 Å². The molecule has 0 fully saturated rings. The number of aryl methyl sites for hydroxylation is 1. The van der Waals surface area contributed by atoms with Gasteiger partial charge in [-0.15, -0.1) is 0 Å². The topological polar surface area (TPSA) is 56.2 Å². The van der Waals surface area contributed by atoms with Crippen LogP contribution >= 0.6 is 23.2 Å². The van der Waals surface area contributed by atoms with Crippen LogP contribution in [0.25, 0.3) is 0 Å². The minimum absolute atomic E-state index is 0.0723. The molecule has 7 heteroatoms. The van der Waals surface area contributed by atoms with Gasteiger partial charge in [0.2, 0.25) is 0 Å². The lowest BCUT2D eigenvalue weighted by Gasteiger charge is -2.08. The Morgan fingerprint density at radius 3 is 2.65 bits per heavy atom. The average molecular weight is 314 g/mol. The van der Waals surface area contributed by atoms with E-state index in [1.54, 1.807) is 36.0 Å². The number of ether oxygens (including phenoxy) is 1. The number of benzene rings is 1. The maximum Gasteiger partial charge on any atom is 0.258 e. The molecule has 0 unspecified atom stereocenters. The second-order valence-electron chi connectivity index (χ2n) is 4.08. The van der Waals surface area contributed by atoms with E-state index in [0.29, 0.717) is 22.3 Å². The van der Waals surface area contributed by atoms with Crippen molar-refractivity contribution in [1.82, 2.24) is 15.1 Å². The minimum Gasteiger partial charge on any atom is -0.484 e. The first-order chi connectivity index (χ1) is 9.56. The summed E-state index contributed by atoms with van der Waals surface area (Å²) in [6, 6.07) is 6.80. The van der Waals surface area contributed by atoms with Crippen molar-refractivity contribution in [2.75, 3.05) is 6.61 Å². The van der Waals surface area contributed by atoms with E-state index in [1.807, 2.05) is 0 Å². The fourth-order valence-corrected chi connectivity index (χ4v) is 1.91. The van der Waals surface area contributed by atoms with E-state index in [0.717, 1.165) is 5.69 Å². The first kappa shape index (κ1) is 14.7. The molecule has 0 aliphatic rings. The highest BCUT2D eigenvalue weighted by atomic mass is 35.5. The molecule has 2 aromatic rings. The molecule has 1 N–H and O–H groups in total. The third kappa shape index (κ3) is 3.88. The van der Waals surface area contributed by atoms with Crippen LogP contribution in [0.5, 0.6) is 5.75 Å². The first-order valence-corrected chi connectivity index (χ1v) is 6.63. The molecule has 106 valence electrons. The van der Waals surface area contributed by atoms with Gasteiger partial charge in [0.15, 0.2) is 6.61 Å². The number of nitrogens with zero attached hydrogens (tertiary/aromatic N) is 2. The summed E-state index contributed by atoms with van der Waals surface area (Å²) < 4.78 is 6.94. The van der Waals surface area contributed by atoms with Crippen molar-refractivity contribution in [2.45, 2.75) is 6.54 Å². The molecule has 0 atom stereocenters. The van der Waals surface area contributed by atoms with Crippen LogP contribution in [0.2, 0.25) is 10.0 Å². The molecular formula is C13H13Cl2N3O2. The minimum atomic E-state index is -0.239. The second kappa shape index (κ2) is 6.63. The summed E-state index contributed by atoms with van der Waals surface area (Å²) >= 11 is 11.7. The van der Waals surface area contributed by atoms with Crippen LogP contribution in [0.15, 0.2) is 30.5 Å². The fraction of sp³-hybridized carbons (Fsp3) is 0.231. The summed E-state index contributed by atoms with van der Waals surface area (Å²) in [5.41, 5.74) is 0.742. The van der Waals surface area contributed by atoms with Gasteiger partial charge >= 0.3 is 0 Å². The molecule has 5 nitrogen and oxygen atoms in total. The number of halogens is 2. The maximum atomic E-state index is 11.7. The Labute approximate surface area is 126 Å². The Kier molecular flexibility index (Phi) is 4.87. The number of hydrogen-bond donors (Lipinski definition) is 1. The van der Waals surface area contributed by atoms with Crippen molar-refractivity contribution in [1.29, 1.82) is 0 Å². The Morgan fingerprint density at radius 2 is 2.05 bits per heavy atom. The normalized spacial score (nSPS) is 10.3. The molecule has 0 saturated carbocycles. The van der Waals surface area contributed by atoms with Crippen LogP contribution in [0, 0.1) is 0 Å². The number of nitrogens with one attached hydrogen (secondary N) is 1. The smallest absolute Gasteiger partial charge is 0.258 e. The molecule has 0 saturated heterocycles. The Morgan fingerprint density at radius 1 is 1.35 bits per heavy atom. The second-order valence-corrected chi connectivity index (χ2v) is 4.93. The van der Waals surface area contributed by atoms with E-state index in [-0.39, 0.29) is 12.5 Å². The third-order valence-electron chi connectivity index (χ3n) is 2.65. The van der Waals surface area contributed by atoms with Gasteiger partial charge in [-0.2, -0.15) is 5.10 Å². The van der Waals surface area contributed by atoms with E-state index in [9.17, 15) is 4.79 Å².